The maximum atomic E-state index is 12.7. The molecule has 0 rings (SSSR count). The topological polar surface area (TPSA) is 78.9 Å². The molecule has 0 amide bonds. The third kappa shape index (κ3) is 47.4. The predicted octanol–water partition coefficient (Wildman–Crippen LogP) is 16.6. The number of rotatable bonds is 44. The number of carbonyl (C=O) groups is 3. The molecule has 0 fully saturated rings. The Labute approximate surface area is 381 Å². The lowest BCUT2D eigenvalue weighted by Crippen LogP contribution is -2.30. The van der Waals surface area contributed by atoms with Gasteiger partial charge in [0, 0.05) is 12.8 Å². The van der Waals surface area contributed by atoms with Gasteiger partial charge >= 0.3 is 17.9 Å². The molecule has 0 N–H and O–H groups in total. The van der Waals surface area contributed by atoms with Gasteiger partial charge in [0.25, 0.3) is 0 Å². The molecule has 0 bridgehead atoms. The first-order valence-corrected chi connectivity index (χ1v) is 25.2. The molecule has 0 saturated heterocycles. The van der Waals surface area contributed by atoms with Crippen molar-refractivity contribution in [1.82, 2.24) is 0 Å². The van der Waals surface area contributed by atoms with Crippen LogP contribution in [0.1, 0.15) is 220 Å². The average Bonchev–Trinajstić information content (AvgIpc) is 3.27. The lowest BCUT2D eigenvalue weighted by atomic mass is 10.0. The normalized spacial score (nSPS) is 12.9. The van der Waals surface area contributed by atoms with Crippen LogP contribution in [-0.4, -0.2) is 37.2 Å². The Kier molecular flexibility index (Phi) is 47.0. The zero-order valence-corrected chi connectivity index (χ0v) is 40.1. The number of ether oxygens (including phenoxy) is 3. The van der Waals surface area contributed by atoms with Gasteiger partial charge in [-0.25, -0.2) is 0 Å². The van der Waals surface area contributed by atoms with Crippen LogP contribution in [0.4, 0.5) is 0 Å². The van der Waals surface area contributed by atoms with Crippen LogP contribution in [0, 0.1) is 0 Å². The smallest absolute Gasteiger partial charge is 0.309 e. The largest absolute Gasteiger partial charge is 0.462 e. The number of hydrogen-bond donors (Lipinski definition) is 0. The summed E-state index contributed by atoms with van der Waals surface area (Å²) < 4.78 is 16.6. The average molecular weight is 861 g/mol. The lowest BCUT2D eigenvalue weighted by molar-refractivity contribution is -0.166. The second-order valence-electron chi connectivity index (χ2n) is 16.3. The molecule has 6 nitrogen and oxygen atoms in total. The molecule has 0 aromatic carbocycles. The van der Waals surface area contributed by atoms with Gasteiger partial charge in [-0.05, 0) is 64.2 Å². The fourth-order valence-corrected chi connectivity index (χ4v) is 6.67. The van der Waals surface area contributed by atoms with Crippen LogP contribution in [0.25, 0.3) is 0 Å². The molecule has 62 heavy (non-hydrogen) atoms. The predicted molar refractivity (Wildman–Crippen MR) is 265 cm³/mol. The maximum absolute atomic E-state index is 12.7. The molecule has 0 aromatic heterocycles. The van der Waals surface area contributed by atoms with Gasteiger partial charge < -0.3 is 14.2 Å². The minimum absolute atomic E-state index is 0.119. The van der Waals surface area contributed by atoms with Crippen LogP contribution in [0.15, 0.2) is 97.2 Å². The highest BCUT2D eigenvalue weighted by Gasteiger charge is 2.19. The molecule has 0 aliphatic heterocycles. The quantitative estimate of drug-likeness (QED) is 0.0263. The van der Waals surface area contributed by atoms with Crippen molar-refractivity contribution in [3.8, 4) is 0 Å². The third-order valence-corrected chi connectivity index (χ3v) is 10.4. The standard InChI is InChI=1S/C56H92O6/c1-4-7-10-13-16-19-21-23-25-27-28-29-31-32-34-37-40-43-46-49-55(58)61-52-53(51-60-54(57)48-45-42-39-36-18-15-12-9-6-3)62-56(59)50-47-44-41-38-35-33-30-26-24-22-20-17-14-11-8-5-2/h8-9,11-12,17-18,20,24,26,33,35-36,41-42,44-45,53H,4-7,10,13-16,19,21-23,25,27-32,34,37-40,43,46-52H2,1-3H3/b11-8-,12-9-,20-17-,26-24-,35-33-,36-18-,44-41-,45-42-. The van der Waals surface area contributed by atoms with E-state index < -0.39 is 18.0 Å². The Hall–Kier alpha value is -3.67. The van der Waals surface area contributed by atoms with Crippen LogP contribution in [0.5, 0.6) is 0 Å². The van der Waals surface area contributed by atoms with E-state index in [0.717, 1.165) is 70.6 Å². The summed E-state index contributed by atoms with van der Waals surface area (Å²) in [5.41, 5.74) is 0. The van der Waals surface area contributed by atoms with Crippen LogP contribution in [0.2, 0.25) is 0 Å². The third-order valence-electron chi connectivity index (χ3n) is 10.4. The van der Waals surface area contributed by atoms with Crippen LogP contribution in [0.3, 0.4) is 0 Å². The fraction of sp³-hybridized carbons (Fsp3) is 0.661. The summed E-state index contributed by atoms with van der Waals surface area (Å²) in [6.07, 6.45) is 65.9. The molecule has 0 radical (unpaired) electrons. The van der Waals surface area contributed by atoms with Crippen molar-refractivity contribution in [3.63, 3.8) is 0 Å². The van der Waals surface area contributed by atoms with Crippen LogP contribution >= 0.6 is 0 Å². The number of hydrogen-bond acceptors (Lipinski definition) is 6. The molecule has 1 unspecified atom stereocenters. The highest BCUT2D eigenvalue weighted by Crippen LogP contribution is 2.15. The Balaban J connectivity index is 4.44. The van der Waals surface area contributed by atoms with Gasteiger partial charge in [-0.15, -0.1) is 0 Å². The van der Waals surface area contributed by atoms with Crippen LogP contribution < -0.4 is 0 Å². The van der Waals surface area contributed by atoms with E-state index in [1.807, 2.05) is 18.2 Å². The van der Waals surface area contributed by atoms with E-state index in [-0.39, 0.29) is 32.0 Å². The van der Waals surface area contributed by atoms with Crippen molar-refractivity contribution in [1.29, 1.82) is 0 Å². The van der Waals surface area contributed by atoms with Crippen molar-refractivity contribution < 1.29 is 28.6 Å². The minimum atomic E-state index is -0.850. The molecule has 0 heterocycles. The molecule has 0 spiro atoms. The Morgan fingerprint density at radius 1 is 0.355 bits per heavy atom. The maximum Gasteiger partial charge on any atom is 0.309 e. The van der Waals surface area contributed by atoms with Crippen molar-refractivity contribution >= 4 is 17.9 Å². The van der Waals surface area contributed by atoms with Crippen LogP contribution in [-0.2, 0) is 28.6 Å². The lowest BCUT2D eigenvalue weighted by Gasteiger charge is -2.18. The first kappa shape index (κ1) is 58.3. The van der Waals surface area contributed by atoms with Gasteiger partial charge in [-0.3, -0.25) is 14.4 Å². The van der Waals surface area contributed by atoms with Gasteiger partial charge in [0.15, 0.2) is 6.10 Å². The number of esters is 3. The molecule has 352 valence electrons. The van der Waals surface area contributed by atoms with E-state index >= 15 is 0 Å². The second-order valence-corrected chi connectivity index (χ2v) is 16.3. The summed E-state index contributed by atoms with van der Waals surface area (Å²) in [6, 6.07) is 0. The number of allylic oxidation sites excluding steroid dienone is 15. The summed E-state index contributed by atoms with van der Waals surface area (Å²) in [5.74, 6) is -1.15. The van der Waals surface area contributed by atoms with E-state index in [2.05, 4.69) is 93.7 Å². The van der Waals surface area contributed by atoms with Gasteiger partial charge in [0.1, 0.15) is 13.2 Å². The second kappa shape index (κ2) is 50.0. The minimum Gasteiger partial charge on any atom is -0.462 e. The summed E-state index contributed by atoms with van der Waals surface area (Å²) in [4.78, 5) is 37.7. The SMILES string of the molecule is CC/C=C\C/C=C\C/C=C\C/C=C\C/C=C\CCC(=O)OC(COC(=O)C/C=C\C/C=C\C/C=C\CC)COC(=O)CCCCCCCCCCCCCCCCCCCCC. The van der Waals surface area contributed by atoms with E-state index in [1.54, 1.807) is 6.08 Å². The van der Waals surface area contributed by atoms with E-state index in [4.69, 9.17) is 14.2 Å². The Morgan fingerprint density at radius 2 is 0.694 bits per heavy atom. The monoisotopic (exact) mass is 861 g/mol. The summed E-state index contributed by atoms with van der Waals surface area (Å²) in [6.45, 7) is 6.24. The fourth-order valence-electron chi connectivity index (χ4n) is 6.67. The van der Waals surface area contributed by atoms with E-state index in [9.17, 15) is 14.4 Å². The van der Waals surface area contributed by atoms with Crippen molar-refractivity contribution in [2.24, 2.45) is 0 Å². The molecule has 0 aliphatic carbocycles. The van der Waals surface area contributed by atoms with Gasteiger partial charge in [0.2, 0.25) is 0 Å². The summed E-state index contributed by atoms with van der Waals surface area (Å²) >= 11 is 0. The highest BCUT2D eigenvalue weighted by atomic mass is 16.6. The van der Waals surface area contributed by atoms with Crippen molar-refractivity contribution in [2.45, 2.75) is 226 Å². The van der Waals surface area contributed by atoms with E-state index in [0.29, 0.717) is 12.8 Å². The van der Waals surface area contributed by atoms with Gasteiger partial charge in [-0.2, -0.15) is 0 Å². The molecular formula is C56H92O6. The zero-order chi connectivity index (χ0) is 45.1. The molecule has 0 aromatic rings. The first-order valence-electron chi connectivity index (χ1n) is 25.2. The van der Waals surface area contributed by atoms with Gasteiger partial charge in [-0.1, -0.05) is 234 Å². The zero-order valence-electron chi connectivity index (χ0n) is 40.1. The molecular weight excluding hydrogens is 769 g/mol. The van der Waals surface area contributed by atoms with Gasteiger partial charge in [0.05, 0.1) is 6.42 Å². The Bertz CT molecular complexity index is 1260. The summed E-state index contributed by atoms with van der Waals surface area (Å²) in [7, 11) is 0. The molecule has 0 saturated carbocycles. The molecule has 0 aliphatic rings. The van der Waals surface area contributed by atoms with Crippen molar-refractivity contribution in [2.75, 3.05) is 13.2 Å². The first-order chi connectivity index (χ1) is 30.5. The highest BCUT2D eigenvalue weighted by molar-refractivity contribution is 5.72. The molecule has 6 heteroatoms. The van der Waals surface area contributed by atoms with Crippen molar-refractivity contribution in [3.05, 3.63) is 97.2 Å². The number of unbranched alkanes of at least 4 members (excludes halogenated alkanes) is 18. The van der Waals surface area contributed by atoms with E-state index in [1.165, 1.54) is 103 Å². The Morgan fingerprint density at radius 3 is 1.10 bits per heavy atom. The number of carbonyl (C=O) groups excluding carboxylic acids is 3. The molecule has 1 atom stereocenters. The summed E-state index contributed by atoms with van der Waals surface area (Å²) in [5, 5.41) is 0.